The molecule has 4 heteroatoms. The molecule has 0 radical (unpaired) electrons. The van der Waals surface area contributed by atoms with Crippen molar-refractivity contribution in [2.24, 2.45) is 0 Å². The second-order valence-corrected chi connectivity index (χ2v) is 2.52. The number of carbonyl (C=O) groups is 2. The van der Waals surface area contributed by atoms with Gasteiger partial charge in [0.05, 0.1) is 12.1 Å². The quantitative estimate of drug-likeness (QED) is 0.490. The normalized spacial score (nSPS) is 16.7. The van der Waals surface area contributed by atoms with Gasteiger partial charge in [0.15, 0.2) is 0 Å². The first-order chi connectivity index (χ1) is 5.27. The van der Waals surface area contributed by atoms with E-state index in [0.717, 1.165) is 0 Å². The second kappa shape index (κ2) is 2.02. The van der Waals surface area contributed by atoms with Crippen molar-refractivity contribution < 1.29 is 9.59 Å². The van der Waals surface area contributed by atoms with Crippen LogP contribution in [0.5, 0.6) is 0 Å². The molecule has 1 aliphatic heterocycles. The first-order valence-corrected chi connectivity index (χ1v) is 3.35. The van der Waals surface area contributed by atoms with E-state index in [1.165, 1.54) is 10.9 Å². The third-order valence-electron chi connectivity index (χ3n) is 1.68. The molecule has 1 aromatic rings. The molecule has 2 heterocycles. The fourth-order valence-corrected chi connectivity index (χ4v) is 1.20. The van der Waals surface area contributed by atoms with Gasteiger partial charge in [-0.1, -0.05) is 0 Å². The number of aromatic nitrogens is 2. The number of hydrogen-bond donors (Lipinski definition) is 0. The Morgan fingerprint density at radius 1 is 1.36 bits per heavy atom. The highest BCUT2D eigenvalue weighted by Crippen LogP contribution is 2.09. The minimum atomic E-state index is -0.221. The van der Waals surface area contributed by atoms with Crippen LogP contribution in [0.1, 0.15) is 16.9 Å². The lowest BCUT2D eigenvalue weighted by Crippen LogP contribution is -2.26. The Kier molecular flexibility index (Phi) is 1.15. The zero-order chi connectivity index (χ0) is 7.84. The number of fused-ring (bicyclic) bond motifs is 1. The summed E-state index contributed by atoms with van der Waals surface area (Å²) in [6.45, 7) is 0. The van der Waals surface area contributed by atoms with Gasteiger partial charge in [-0.3, -0.25) is 9.59 Å². The highest BCUT2D eigenvalue weighted by Gasteiger charge is 2.22. The van der Waals surface area contributed by atoms with E-state index in [-0.39, 0.29) is 18.1 Å². The Labute approximate surface area is 62.8 Å². The summed E-state index contributed by atoms with van der Waals surface area (Å²) >= 11 is 0. The van der Waals surface area contributed by atoms with Crippen molar-refractivity contribution in [2.75, 3.05) is 0 Å². The Balaban J connectivity index is 2.52. The van der Waals surface area contributed by atoms with Gasteiger partial charge in [0.25, 0.3) is 5.91 Å². The largest absolute Gasteiger partial charge is 0.299 e. The maximum atomic E-state index is 11.0. The minimum absolute atomic E-state index is 0.00528. The lowest BCUT2D eigenvalue weighted by Gasteiger charge is -2.09. The molecule has 4 nitrogen and oxygen atoms in total. The highest BCUT2D eigenvalue weighted by molar-refractivity contribution is 6.02. The van der Waals surface area contributed by atoms with Crippen LogP contribution < -0.4 is 0 Å². The molecule has 1 aromatic heterocycles. The van der Waals surface area contributed by atoms with Crippen LogP contribution in [-0.2, 0) is 11.2 Å². The monoisotopic (exact) mass is 150 g/mol. The fourth-order valence-electron chi connectivity index (χ4n) is 1.20. The molecule has 1 aliphatic rings. The lowest BCUT2D eigenvalue weighted by atomic mass is 10.1. The number of nitrogens with zero attached hydrogens (tertiary/aromatic N) is 2. The molecular formula is C7H6N2O2. The number of carbonyl (C=O) groups excluding carboxylic acids is 2. The number of Topliss-reactive ketones (excluding diaryl/α,β-unsaturated/α-hetero) is 1. The van der Waals surface area contributed by atoms with Gasteiger partial charge in [0.1, 0.15) is 5.78 Å². The van der Waals surface area contributed by atoms with Crippen LogP contribution in [0.15, 0.2) is 12.3 Å². The third-order valence-corrected chi connectivity index (χ3v) is 1.68. The summed E-state index contributed by atoms with van der Waals surface area (Å²) in [5.41, 5.74) is 0.700. The summed E-state index contributed by atoms with van der Waals surface area (Å²) in [6, 6.07) is 1.69. The summed E-state index contributed by atoms with van der Waals surface area (Å²) < 4.78 is 1.29. The lowest BCUT2D eigenvalue weighted by molar-refractivity contribution is -0.118. The van der Waals surface area contributed by atoms with Crippen molar-refractivity contribution in [3.63, 3.8) is 0 Å². The van der Waals surface area contributed by atoms with Crippen molar-refractivity contribution in [1.29, 1.82) is 0 Å². The second-order valence-electron chi connectivity index (χ2n) is 2.52. The summed E-state index contributed by atoms with van der Waals surface area (Å²) in [7, 11) is 0. The molecule has 0 saturated heterocycles. The molecule has 0 spiro atoms. The maximum Gasteiger partial charge on any atom is 0.254 e. The fraction of sp³-hybridized carbons (Fsp3) is 0.286. The molecule has 0 unspecified atom stereocenters. The average Bonchev–Trinajstić information content (AvgIpc) is 2.34. The van der Waals surface area contributed by atoms with Crippen LogP contribution in [0.3, 0.4) is 0 Å². The molecular weight excluding hydrogens is 144 g/mol. The molecule has 0 fully saturated rings. The summed E-state index contributed by atoms with van der Waals surface area (Å²) in [4.78, 5) is 21.9. The molecule has 0 saturated carbocycles. The van der Waals surface area contributed by atoms with Gasteiger partial charge in [-0.2, -0.15) is 5.10 Å². The van der Waals surface area contributed by atoms with E-state index >= 15 is 0 Å². The summed E-state index contributed by atoms with van der Waals surface area (Å²) in [5.74, 6) is -0.246. The van der Waals surface area contributed by atoms with Gasteiger partial charge in [-0.25, -0.2) is 4.68 Å². The molecule has 2 rings (SSSR count). The molecule has 0 aromatic carbocycles. The van der Waals surface area contributed by atoms with E-state index in [2.05, 4.69) is 5.10 Å². The molecule has 11 heavy (non-hydrogen) atoms. The van der Waals surface area contributed by atoms with Crippen molar-refractivity contribution in [3.05, 3.63) is 18.0 Å². The summed E-state index contributed by atoms with van der Waals surface area (Å²) in [6.07, 6.45) is 1.87. The zero-order valence-corrected chi connectivity index (χ0v) is 5.78. The van der Waals surface area contributed by atoms with Gasteiger partial charge >= 0.3 is 0 Å². The van der Waals surface area contributed by atoms with Gasteiger partial charge in [0, 0.05) is 12.6 Å². The first kappa shape index (κ1) is 6.27. The van der Waals surface area contributed by atoms with Crippen molar-refractivity contribution in [1.82, 2.24) is 9.78 Å². The van der Waals surface area contributed by atoms with E-state index in [0.29, 0.717) is 12.1 Å². The Hall–Kier alpha value is -1.45. The van der Waals surface area contributed by atoms with E-state index in [4.69, 9.17) is 0 Å². The van der Waals surface area contributed by atoms with Crippen molar-refractivity contribution in [3.8, 4) is 0 Å². The van der Waals surface area contributed by atoms with Crippen LogP contribution in [0.2, 0.25) is 0 Å². The van der Waals surface area contributed by atoms with E-state index in [1.54, 1.807) is 6.07 Å². The molecule has 0 amide bonds. The number of rotatable bonds is 0. The zero-order valence-electron chi connectivity index (χ0n) is 5.78. The van der Waals surface area contributed by atoms with E-state index in [9.17, 15) is 9.59 Å². The molecule has 0 atom stereocenters. The average molecular weight is 150 g/mol. The van der Waals surface area contributed by atoms with Crippen LogP contribution in [0.4, 0.5) is 0 Å². The number of hydrogen-bond acceptors (Lipinski definition) is 3. The Bertz CT molecular complexity index is 327. The van der Waals surface area contributed by atoms with Crippen LogP contribution >= 0.6 is 0 Å². The minimum Gasteiger partial charge on any atom is -0.299 e. The topological polar surface area (TPSA) is 52.0 Å². The van der Waals surface area contributed by atoms with Crippen LogP contribution in [0, 0.1) is 0 Å². The molecule has 0 N–H and O–H groups in total. The van der Waals surface area contributed by atoms with Gasteiger partial charge in [-0.15, -0.1) is 0 Å². The molecule has 56 valence electrons. The Morgan fingerprint density at radius 3 is 3.00 bits per heavy atom. The van der Waals surface area contributed by atoms with Crippen LogP contribution in [-0.4, -0.2) is 21.5 Å². The maximum absolute atomic E-state index is 11.0. The van der Waals surface area contributed by atoms with E-state index in [1.807, 2.05) is 0 Å². The van der Waals surface area contributed by atoms with Crippen molar-refractivity contribution in [2.45, 2.75) is 12.8 Å². The molecule has 0 aliphatic carbocycles. The standard InChI is InChI=1S/C7H6N2O2/c10-6-3-5-1-2-8-9(5)7(11)4-6/h1-2H,3-4H2. The summed E-state index contributed by atoms with van der Waals surface area (Å²) in [5, 5.41) is 3.79. The number of ketones is 1. The van der Waals surface area contributed by atoms with E-state index < -0.39 is 0 Å². The van der Waals surface area contributed by atoms with Gasteiger partial charge in [0.2, 0.25) is 0 Å². The van der Waals surface area contributed by atoms with Crippen LogP contribution in [0.25, 0.3) is 0 Å². The highest BCUT2D eigenvalue weighted by atomic mass is 16.2. The van der Waals surface area contributed by atoms with Gasteiger partial charge in [-0.05, 0) is 6.07 Å². The van der Waals surface area contributed by atoms with Gasteiger partial charge < -0.3 is 0 Å². The predicted molar refractivity (Wildman–Crippen MR) is 36.2 cm³/mol. The van der Waals surface area contributed by atoms with Crippen molar-refractivity contribution >= 4 is 11.7 Å². The SMILES string of the molecule is O=C1CC(=O)n2nccc2C1. The first-order valence-electron chi connectivity index (χ1n) is 3.35. The Morgan fingerprint density at radius 2 is 2.18 bits per heavy atom. The molecule has 0 bridgehead atoms. The third kappa shape index (κ3) is 0.869. The smallest absolute Gasteiger partial charge is 0.254 e. The predicted octanol–water partition coefficient (Wildman–Crippen LogP) is 0.0386.